The quantitative estimate of drug-likeness (QED) is 0.819. The number of pyridine rings is 1. The molecular weight excluding hydrogens is 332 g/mol. The smallest absolute Gasteiger partial charge is 0.223 e. The van der Waals surface area contributed by atoms with Crippen molar-refractivity contribution in [2.24, 2.45) is 0 Å². The van der Waals surface area contributed by atoms with Gasteiger partial charge in [0.2, 0.25) is 5.91 Å². The number of hydrogen-bond acceptors (Lipinski definition) is 5. The van der Waals surface area contributed by atoms with Gasteiger partial charge < -0.3 is 18.9 Å². The van der Waals surface area contributed by atoms with E-state index < -0.39 is 5.79 Å². The van der Waals surface area contributed by atoms with Gasteiger partial charge in [-0.05, 0) is 18.6 Å². The molecule has 7 nitrogen and oxygen atoms in total. The number of carbonyl (C=O) groups excluding carboxylic acids is 1. The first kappa shape index (κ1) is 17.4. The van der Waals surface area contributed by atoms with Gasteiger partial charge >= 0.3 is 0 Å². The molecule has 7 heteroatoms. The fourth-order valence-electron chi connectivity index (χ4n) is 3.91. The maximum atomic E-state index is 12.7. The highest BCUT2D eigenvalue weighted by atomic mass is 16.7. The van der Waals surface area contributed by atoms with E-state index in [1.54, 1.807) is 6.20 Å². The number of fused-ring (bicyclic) bond motifs is 1. The van der Waals surface area contributed by atoms with Crippen LogP contribution >= 0.6 is 0 Å². The zero-order chi connectivity index (χ0) is 18.0. The molecule has 0 atom stereocenters. The Balaban J connectivity index is 1.39. The van der Waals surface area contributed by atoms with Crippen LogP contribution in [-0.4, -0.2) is 57.4 Å². The Kier molecular flexibility index (Phi) is 4.91. The Morgan fingerprint density at radius 1 is 1.27 bits per heavy atom. The van der Waals surface area contributed by atoms with Gasteiger partial charge in [-0.2, -0.15) is 0 Å². The van der Waals surface area contributed by atoms with Crippen LogP contribution in [0.1, 0.15) is 38.4 Å². The number of likely N-dealkylation sites (tertiary alicyclic amines) is 1. The molecule has 1 spiro atoms. The second kappa shape index (κ2) is 7.32. The molecule has 0 unspecified atom stereocenters. The molecule has 4 rings (SSSR count). The van der Waals surface area contributed by atoms with Crippen molar-refractivity contribution in [2.75, 3.05) is 26.3 Å². The Bertz CT molecular complexity index is 772. The molecule has 140 valence electrons. The second-order valence-corrected chi connectivity index (χ2v) is 7.01. The summed E-state index contributed by atoms with van der Waals surface area (Å²) in [6, 6.07) is 3.88. The molecular formula is C19H26N4O3. The summed E-state index contributed by atoms with van der Waals surface area (Å²) in [4.78, 5) is 23.7. The number of aromatic nitrogens is 3. The number of rotatable bonds is 5. The van der Waals surface area contributed by atoms with Gasteiger partial charge in [-0.1, -0.05) is 6.92 Å². The van der Waals surface area contributed by atoms with Gasteiger partial charge in [-0.25, -0.2) is 9.97 Å². The van der Waals surface area contributed by atoms with Gasteiger partial charge in [-0.3, -0.25) is 4.79 Å². The molecule has 0 aliphatic carbocycles. The van der Waals surface area contributed by atoms with Gasteiger partial charge in [0, 0.05) is 51.5 Å². The lowest BCUT2D eigenvalue weighted by atomic mass is 10.0. The summed E-state index contributed by atoms with van der Waals surface area (Å²) in [6.45, 7) is 5.74. The van der Waals surface area contributed by atoms with Crippen molar-refractivity contribution in [3.8, 4) is 0 Å². The molecule has 2 aromatic heterocycles. The third-order valence-electron chi connectivity index (χ3n) is 5.28. The van der Waals surface area contributed by atoms with Gasteiger partial charge in [0.25, 0.3) is 0 Å². The monoisotopic (exact) mass is 358 g/mol. The SMILES string of the molecule is CCCn1c(CCC(=O)N2CCC3(CC2)OCCO3)nc2cccnc21. The number of ether oxygens (including phenoxy) is 2. The van der Waals surface area contributed by atoms with Crippen molar-refractivity contribution in [3.63, 3.8) is 0 Å². The van der Waals surface area contributed by atoms with E-state index in [0.717, 1.165) is 42.8 Å². The van der Waals surface area contributed by atoms with Crippen molar-refractivity contribution in [1.29, 1.82) is 0 Å². The fourth-order valence-corrected chi connectivity index (χ4v) is 3.91. The van der Waals surface area contributed by atoms with Gasteiger partial charge in [0.05, 0.1) is 13.2 Å². The Morgan fingerprint density at radius 3 is 2.77 bits per heavy atom. The van der Waals surface area contributed by atoms with Crippen LogP contribution < -0.4 is 0 Å². The number of piperidine rings is 1. The molecule has 2 aliphatic rings. The average Bonchev–Trinajstić information content (AvgIpc) is 3.26. The van der Waals surface area contributed by atoms with Crippen LogP contribution in [0.4, 0.5) is 0 Å². The molecule has 4 heterocycles. The van der Waals surface area contributed by atoms with Crippen molar-refractivity contribution < 1.29 is 14.3 Å². The van der Waals surface area contributed by atoms with Crippen LogP contribution in [0.2, 0.25) is 0 Å². The molecule has 2 aromatic rings. The van der Waals surface area contributed by atoms with Crippen LogP contribution in [0, 0.1) is 0 Å². The maximum absolute atomic E-state index is 12.7. The lowest BCUT2D eigenvalue weighted by Gasteiger charge is -2.37. The minimum absolute atomic E-state index is 0.181. The second-order valence-electron chi connectivity index (χ2n) is 7.01. The van der Waals surface area contributed by atoms with Crippen molar-refractivity contribution in [1.82, 2.24) is 19.4 Å². The molecule has 2 aliphatic heterocycles. The summed E-state index contributed by atoms with van der Waals surface area (Å²) < 4.78 is 13.6. The predicted octanol–water partition coefficient (Wildman–Crippen LogP) is 2.14. The highest BCUT2D eigenvalue weighted by Gasteiger charge is 2.40. The molecule has 0 saturated carbocycles. The Hall–Kier alpha value is -1.99. The number of nitrogens with zero attached hydrogens (tertiary/aromatic N) is 4. The predicted molar refractivity (Wildman–Crippen MR) is 96.6 cm³/mol. The highest BCUT2D eigenvalue weighted by molar-refractivity contribution is 5.77. The number of carbonyl (C=O) groups is 1. The fraction of sp³-hybridized carbons (Fsp3) is 0.632. The van der Waals surface area contributed by atoms with Crippen LogP contribution in [-0.2, 0) is 27.2 Å². The van der Waals surface area contributed by atoms with E-state index in [0.29, 0.717) is 39.1 Å². The summed E-state index contributed by atoms with van der Waals surface area (Å²) in [5.74, 6) is 0.697. The largest absolute Gasteiger partial charge is 0.347 e. The zero-order valence-corrected chi connectivity index (χ0v) is 15.3. The van der Waals surface area contributed by atoms with E-state index in [2.05, 4.69) is 16.5 Å². The first-order valence-electron chi connectivity index (χ1n) is 9.56. The average molecular weight is 358 g/mol. The molecule has 0 aromatic carbocycles. The van der Waals surface area contributed by atoms with E-state index in [1.165, 1.54) is 0 Å². The third kappa shape index (κ3) is 3.33. The number of aryl methyl sites for hydroxylation is 2. The number of hydrogen-bond donors (Lipinski definition) is 0. The third-order valence-corrected chi connectivity index (χ3v) is 5.28. The van der Waals surface area contributed by atoms with Crippen molar-refractivity contribution >= 4 is 17.1 Å². The number of imidazole rings is 1. The number of amides is 1. The summed E-state index contributed by atoms with van der Waals surface area (Å²) in [5, 5.41) is 0. The van der Waals surface area contributed by atoms with Crippen LogP contribution in [0.3, 0.4) is 0 Å². The Morgan fingerprint density at radius 2 is 2.04 bits per heavy atom. The van der Waals surface area contributed by atoms with Crippen molar-refractivity contribution in [3.05, 3.63) is 24.2 Å². The molecule has 2 saturated heterocycles. The first-order chi connectivity index (χ1) is 12.7. The topological polar surface area (TPSA) is 69.5 Å². The van der Waals surface area contributed by atoms with E-state index >= 15 is 0 Å². The van der Waals surface area contributed by atoms with Gasteiger partial charge in [-0.15, -0.1) is 0 Å². The van der Waals surface area contributed by atoms with E-state index in [1.807, 2.05) is 17.0 Å². The lowest BCUT2D eigenvalue weighted by Crippen LogP contribution is -2.47. The van der Waals surface area contributed by atoms with Crippen LogP contribution in [0.15, 0.2) is 18.3 Å². The van der Waals surface area contributed by atoms with E-state index in [-0.39, 0.29) is 5.91 Å². The Labute approximate surface area is 153 Å². The molecule has 0 N–H and O–H groups in total. The molecule has 0 bridgehead atoms. The van der Waals surface area contributed by atoms with Crippen LogP contribution in [0.25, 0.3) is 11.2 Å². The standard InChI is InChI=1S/C19H26N4O3/c1-2-10-23-16(21-15-4-3-9-20-18(15)23)5-6-17(24)22-11-7-19(8-12-22)25-13-14-26-19/h3-4,9H,2,5-8,10-14H2,1H3. The normalized spacial score (nSPS) is 19.5. The molecule has 2 fully saturated rings. The van der Waals surface area contributed by atoms with E-state index in [4.69, 9.17) is 14.5 Å². The van der Waals surface area contributed by atoms with Gasteiger partial charge in [0.1, 0.15) is 11.3 Å². The summed E-state index contributed by atoms with van der Waals surface area (Å²) in [7, 11) is 0. The lowest BCUT2D eigenvalue weighted by molar-refractivity contribution is -0.187. The first-order valence-corrected chi connectivity index (χ1v) is 9.56. The minimum atomic E-state index is -0.433. The van der Waals surface area contributed by atoms with Crippen molar-refractivity contribution in [2.45, 2.75) is 51.4 Å². The minimum Gasteiger partial charge on any atom is -0.347 e. The summed E-state index contributed by atoms with van der Waals surface area (Å²) in [5.41, 5.74) is 1.81. The molecule has 26 heavy (non-hydrogen) atoms. The molecule has 1 amide bonds. The maximum Gasteiger partial charge on any atom is 0.223 e. The molecule has 0 radical (unpaired) electrons. The zero-order valence-electron chi connectivity index (χ0n) is 15.3. The summed E-state index contributed by atoms with van der Waals surface area (Å²) in [6.07, 6.45) is 5.44. The van der Waals surface area contributed by atoms with Crippen LogP contribution in [0.5, 0.6) is 0 Å². The van der Waals surface area contributed by atoms with E-state index in [9.17, 15) is 4.79 Å². The van der Waals surface area contributed by atoms with Gasteiger partial charge in [0.15, 0.2) is 11.4 Å². The highest BCUT2D eigenvalue weighted by Crippen LogP contribution is 2.31. The summed E-state index contributed by atoms with van der Waals surface area (Å²) >= 11 is 0.